The van der Waals surface area contributed by atoms with E-state index >= 15 is 0 Å². The van der Waals surface area contributed by atoms with Gasteiger partial charge in [0, 0.05) is 30.4 Å². The van der Waals surface area contributed by atoms with Crippen molar-refractivity contribution in [2.45, 2.75) is 20.8 Å². The third-order valence-electron chi connectivity index (χ3n) is 3.48. The number of benzene rings is 1. The Kier molecular flexibility index (Phi) is 5.41. The summed E-state index contributed by atoms with van der Waals surface area (Å²) in [5.41, 5.74) is 3.83. The lowest BCUT2D eigenvalue weighted by Crippen LogP contribution is -2.21. The van der Waals surface area contributed by atoms with Crippen LogP contribution in [0.25, 0.3) is 0 Å². The van der Waals surface area contributed by atoms with Crippen molar-refractivity contribution >= 4 is 17.8 Å². The highest BCUT2D eigenvalue weighted by Crippen LogP contribution is 2.23. The van der Waals surface area contributed by atoms with Gasteiger partial charge < -0.3 is 14.4 Å². The molecule has 2 N–H and O–H groups in total. The maximum absolute atomic E-state index is 11.8. The van der Waals surface area contributed by atoms with E-state index in [0.29, 0.717) is 11.3 Å². The van der Waals surface area contributed by atoms with Crippen LogP contribution in [0.4, 0.5) is 5.69 Å². The van der Waals surface area contributed by atoms with Crippen molar-refractivity contribution in [3.05, 3.63) is 47.4 Å². The Morgan fingerprint density at radius 2 is 2.04 bits per heavy atom. The maximum Gasteiger partial charge on any atom is 0.307 e. The van der Waals surface area contributed by atoms with Gasteiger partial charge in [0.05, 0.1) is 6.21 Å². The average Bonchev–Trinajstić information content (AvgIpc) is 2.97. The number of aryl methyl sites for hydroxylation is 1. The summed E-state index contributed by atoms with van der Waals surface area (Å²) in [4.78, 5) is 13.9. The number of rotatable bonds is 6. The molecule has 6 nitrogen and oxygen atoms in total. The van der Waals surface area contributed by atoms with Crippen LogP contribution in [0.15, 0.2) is 39.9 Å². The number of phenolic OH excluding ortho intramolecular Hbond substituents is 1. The number of hydrogen-bond acceptors (Lipinski definition) is 5. The summed E-state index contributed by atoms with van der Waals surface area (Å²) in [5.74, 6) is 0.527. The van der Waals surface area contributed by atoms with Crippen molar-refractivity contribution in [2.75, 3.05) is 18.0 Å². The predicted octanol–water partition coefficient (Wildman–Crippen LogP) is 2.90. The Balaban J connectivity index is 2.03. The fourth-order valence-corrected chi connectivity index (χ4v) is 2.20. The minimum Gasteiger partial charge on any atom is -0.507 e. The minimum atomic E-state index is -0.436. The molecule has 0 saturated heterocycles. The SMILES string of the molecule is CCN(CC)c1ccc(/C=N/NC(=O)c2ccc(C)o2)c(O)c1. The number of carbonyl (C=O) groups excluding carboxylic acids is 1. The number of hydrazone groups is 1. The van der Waals surface area contributed by atoms with Gasteiger partial charge in [-0.3, -0.25) is 4.79 Å². The molecule has 0 aliphatic rings. The lowest BCUT2D eigenvalue weighted by Gasteiger charge is -2.21. The highest BCUT2D eigenvalue weighted by Gasteiger charge is 2.09. The van der Waals surface area contributed by atoms with Crippen molar-refractivity contribution in [2.24, 2.45) is 5.10 Å². The number of phenols is 1. The zero-order valence-corrected chi connectivity index (χ0v) is 13.5. The van der Waals surface area contributed by atoms with Crippen LogP contribution in [0.3, 0.4) is 0 Å². The topological polar surface area (TPSA) is 78.1 Å². The molecule has 1 heterocycles. The van der Waals surface area contributed by atoms with Gasteiger partial charge in [0.1, 0.15) is 11.5 Å². The van der Waals surface area contributed by atoms with Crippen molar-refractivity contribution in [3.63, 3.8) is 0 Å². The van der Waals surface area contributed by atoms with Gasteiger partial charge in [0.15, 0.2) is 5.76 Å². The van der Waals surface area contributed by atoms with E-state index in [1.807, 2.05) is 6.07 Å². The fourth-order valence-electron chi connectivity index (χ4n) is 2.20. The quantitative estimate of drug-likeness (QED) is 0.634. The van der Waals surface area contributed by atoms with E-state index in [2.05, 4.69) is 29.3 Å². The number of hydrogen-bond donors (Lipinski definition) is 2. The first kappa shape index (κ1) is 16.6. The van der Waals surface area contributed by atoms with Gasteiger partial charge in [-0.2, -0.15) is 5.10 Å². The molecule has 0 saturated carbocycles. The highest BCUT2D eigenvalue weighted by atomic mass is 16.3. The standard InChI is InChI=1S/C17H21N3O3/c1-4-20(5-2)14-8-7-13(15(21)10-14)11-18-19-17(22)16-9-6-12(3)23-16/h6-11,21H,4-5H2,1-3H3,(H,19,22)/b18-11+. The zero-order valence-electron chi connectivity index (χ0n) is 13.5. The molecule has 0 spiro atoms. The van der Waals surface area contributed by atoms with E-state index in [4.69, 9.17) is 4.42 Å². The molecule has 122 valence electrons. The van der Waals surface area contributed by atoms with E-state index in [1.165, 1.54) is 6.21 Å². The van der Waals surface area contributed by atoms with Crippen LogP contribution in [0, 0.1) is 6.92 Å². The maximum atomic E-state index is 11.8. The van der Waals surface area contributed by atoms with Gasteiger partial charge >= 0.3 is 5.91 Å². The van der Waals surface area contributed by atoms with Gasteiger partial charge in [-0.05, 0) is 45.0 Å². The Bertz CT molecular complexity index is 703. The molecule has 1 aromatic heterocycles. The molecule has 0 bridgehead atoms. The van der Waals surface area contributed by atoms with Crippen LogP contribution in [0.5, 0.6) is 5.75 Å². The van der Waals surface area contributed by atoms with E-state index in [9.17, 15) is 9.90 Å². The summed E-state index contributed by atoms with van der Waals surface area (Å²) < 4.78 is 5.20. The molecular formula is C17H21N3O3. The monoisotopic (exact) mass is 315 g/mol. The number of aromatic hydroxyl groups is 1. The van der Waals surface area contributed by atoms with Crippen LogP contribution in [-0.2, 0) is 0 Å². The number of nitrogens with zero attached hydrogens (tertiary/aromatic N) is 2. The second kappa shape index (κ2) is 7.49. The summed E-state index contributed by atoms with van der Waals surface area (Å²) in [7, 11) is 0. The number of carbonyl (C=O) groups is 1. The van der Waals surface area contributed by atoms with Crippen LogP contribution in [-0.4, -0.2) is 30.3 Å². The molecule has 0 unspecified atom stereocenters. The molecule has 23 heavy (non-hydrogen) atoms. The molecular weight excluding hydrogens is 294 g/mol. The fraction of sp³-hybridized carbons (Fsp3) is 0.294. The summed E-state index contributed by atoms with van der Waals surface area (Å²) in [6.45, 7) is 7.60. The third-order valence-corrected chi connectivity index (χ3v) is 3.48. The van der Waals surface area contributed by atoms with Crippen LogP contribution in [0.2, 0.25) is 0 Å². The van der Waals surface area contributed by atoms with Crippen molar-refractivity contribution in [1.29, 1.82) is 0 Å². The number of furan rings is 1. The minimum absolute atomic E-state index is 0.112. The summed E-state index contributed by atoms with van der Waals surface area (Å²) in [6, 6.07) is 8.64. The van der Waals surface area contributed by atoms with Crippen molar-refractivity contribution in [3.8, 4) is 5.75 Å². The highest BCUT2D eigenvalue weighted by molar-refractivity contribution is 5.92. The number of nitrogens with one attached hydrogen (secondary N) is 1. The molecule has 6 heteroatoms. The second-order valence-electron chi connectivity index (χ2n) is 5.02. The molecule has 0 fully saturated rings. The summed E-state index contributed by atoms with van der Waals surface area (Å²) in [5, 5.41) is 13.9. The van der Waals surface area contributed by atoms with Gasteiger partial charge in [0.2, 0.25) is 0 Å². The zero-order chi connectivity index (χ0) is 16.8. The van der Waals surface area contributed by atoms with E-state index < -0.39 is 5.91 Å². The Morgan fingerprint density at radius 3 is 2.61 bits per heavy atom. The molecule has 2 aromatic rings. The van der Waals surface area contributed by atoms with Crippen molar-refractivity contribution < 1.29 is 14.3 Å². The second-order valence-corrected chi connectivity index (χ2v) is 5.02. The lowest BCUT2D eigenvalue weighted by molar-refractivity contribution is 0.0926. The largest absolute Gasteiger partial charge is 0.507 e. The van der Waals surface area contributed by atoms with Gasteiger partial charge in [-0.25, -0.2) is 5.43 Å². The first-order valence-electron chi connectivity index (χ1n) is 7.53. The smallest absolute Gasteiger partial charge is 0.307 e. The van der Waals surface area contributed by atoms with E-state index in [-0.39, 0.29) is 11.5 Å². The Hall–Kier alpha value is -2.76. The van der Waals surface area contributed by atoms with Gasteiger partial charge in [-0.1, -0.05) is 0 Å². The van der Waals surface area contributed by atoms with Gasteiger partial charge in [0.25, 0.3) is 0 Å². The van der Waals surface area contributed by atoms with Gasteiger partial charge in [-0.15, -0.1) is 0 Å². The third kappa shape index (κ3) is 4.12. The summed E-state index contributed by atoms with van der Waals surface area (Å²) in [6.07, 6.45) is 1.40. The molecule has 0 aliphatic heterocycles. The molecule has 1 aromatic carbocycles. The first-order valence-corrected chi connectivity index (χ1v) is 7.53. The lowest BCUT2D eigenvalue weighted by atomic mass is 10.2. The Morgan fingerprint density at radius 1 is 1.30 bits per heavy atom. The van der Waals surface area contributed by atoms with Crippen LogP contribution >= 0.6 is 0 Å². The van der Waals surface area contributed by atoms with E-state index in [1.54, 1.807) is 31.2 Å². The number of amides is 1. The molecule has 0 radical (unpaired) electrons. The Labute approximate surface area is 135 Å². The average molecular weight is 315 g/mol. The molecule has 1 amide bonds. The normalized spacial score (nSPS) is 10.9. The summed E-state index contributed by atoms with van der Waals surface area (Å²) >= 11 is 0. The molecule has 0 aliphatic carbocycles. The predicted molar refractivity (Wildman–Crippen MR) is 90.2 cm³/mol. The van der Waals surface area contributed by atoms with Crippen LogP contribution in [0.1, 0.15) is 35.7 Å². The first-order chi connectivity index (χ1) is 11.0. The molecule has 0 atom stereocenters. The van der Waals surface area contributed by atoms with Crippen LogP contribution < -0.4 is 10.3 Å². The van der Waals surface area contributed by atoms with Crippen molar-refractivity contribution in [1.82, 2.24) is 5.43 Å². The van der Waals surface area contributed by atoms with E-state index in [0.717, 1.165) is 18.8 Å². The number of anilines is 1. The molecule has 2 rings (SSSR count).